The molecule has 0 atom stereocenters. The van der Waals surface area contributed by atoms with Crippen molar-refractivity contribution in [1.29, 1.82) is 0 Å². The van der Waals surface area contributed by atoms with Crippen molar-refractivity contribution in [2.45, 2.75) is 13.5 Å². The number of nitrogen functional groups attached to an aromatic ring is 1. The smallest absolute Gasteiger partial charge is 0.263 e. The lowest BCUT2D eigenvalue weighted by molar-refractivity contribution is 0.0955. The van der Waals surface area contributed by atoms with Crippen molar-refractivity contribution < 1.29 is 4.79 Å². The molecule has 5 nitrogen and oxygen atoms in total. The Bertz CT molecular complexity index is 812. The van der Waals surface area contributed by atoms with Crippen LogP contribution in [0, 0.1) is 6.92 Å². The molecule has 1 amide bonds. The zero-order chi connectivity index (χ0) is 14.8. The molecule has 0 saturated carbocycles. The van der Waals surface area contributed by atoms with Gasteiger partial charge in [0.05, 0.1) is 22.6 Å². The monoisotopic (exact) mass is 298 g/mol. The number of carbonyl (C=O) groups excluding carboxylic acids is 1. The SMILES string of the molecule is Cc1cccnc1CNC(=O)c1sc2cccnc2c1N. The van der Waals surface area contributed by atoms with Crippen LogP contribution in [-0.2, 0) is 6.54 Å². The summed E-state index contributed by atoms with van der Waals surface area (Å²) in [5, 5.41) is 2.86. The Morgan fingerprint density at radius 3 is 2.81 bits per heavy atom. The van der Waals surface area contributed by atoms with Crippen LogP contribution < -0.4 is 11.1 Å². The molecule has 106 valence electrons. The third kappa shape index (κ3) is 2.57. The van der Waals surface area contributed by atoms with E-state index in [4.69, 9.17) is 5.73 Å². The summed E-state index contributed by atoms with van der Waals surface area (Å²) in [6.45, 7) is 2.35. The fourth-order valence-corrected chi connectivity index (χ4v) is 3.06. The molecule has 3 N–H and O–H groups in total. The van der Waals surface area contributed by atoms with E-state index in [1.54, 1.807) is 12.4 Å². The van der Waals surface area contributed by atoms with Gasteiger partial charge in [0.1, 0.15) is 10.4 Å². The number of aromatic nitrogens is 2. The first kappa shape index (κ1) is 13.5. The van der Waals surface area contributed by atoms with E-state index in [-0.39, 0.29) is 5.91 Å². The van der Waals surface area contributed by atoms with Gasteiger partial charge in [0.2, 0.25) is 0 Å². The maximum atomic E-state index is 12.3. The van der Waals surface area contributed by atoms with Gasteiger partial charge in [0, 0.05) is 12.4 Å². The number of nitrogens with one attached hydrogen (secondary N) is 1. The van der Waals surface area contributed by atoms with Crippen LogP contribution in [0.5, 0.6) is 0 Å². The Morgan fingerprint density at radius 2 is 2.05 bits per heavy atom. The molecule has 0 aliphatic carbocycles. The summed E-state index contributed by atoms with van der Waals surface area (Å²) in [6, 6.07) is 7.57. The molecule has 0 aliphatic rings. The van der Waals surface area contributed by atoms with Crippen LogP contribution in [0.4, 0.5) is 5.69 Å². The number of amides is 1. The largest absolute Gasteiger partial charge is 0.396 e. The Kier molecular flexibility index (Phi) is 3.53. The minimum absolute atomic E-state index is 0.194. The van der Waals surface area contributed by atoms with E-state index < -0.39 is 0 Å². The van der Waals surface area contributed by atoms with Crippen molar-refractivity contribution in [3.63, 3.8) is 0 Å². The van der Waals surface area contributed by atoms with Gasteiger partial charge < -0.3 is 11.1 Å². The van der Waals surface area contributed by atoms with Gasteiger partial charge in [-0.2, -0.15) is 0 Å². The van der Waals surface area contributed by atoms with Gasteiger partial charge in [0.25, 0.3) is 5.91 Å². The molecule has 21 heavy (non-hydrogen) atoms. The van der Waals surface area contributed by atoms with E-state index in [9.17, 15) is 4.79 Å². The van der Waals surface area contributed by atoms with Gasteiger partial charge in [-0.05, 0) is 30.7 Å². The molecule has 3 aromatic rings. The highest BCUT2D eigenvalue weighted by molar-refractivity contribution is 7.21. The number of carbonyl (C=O) groups is 1. The van der Waals surface area contributed by atoms with Crippen LogP contribution in [0.15, 0.2) is 36.7 Å². The highest BCUT2D eigenvalue weighted by Crippen LogP contribution is 2.31. The van der Waals surface area contributed by atoms with Crippen LogP contribution in [-0.4, -0.2) is 15.9 Å². The maximum absolute atomic E-state index is 12.3. The summed E-state index contributed by atoms with van der Waals surface area (Å²) in [4.78, 5) is 21.2. The molecule has 0 saturated heterocycles. The number of thiophene rings is 1. The molecule has 6 heteroatoms. The first-order valence-electron chi connectivity index (χ1n) is 6.48. The molecule has 3 rings (SSSR count). The first-order valence-corrected chi connectivity index (χ1v) is 7.30. The van der Waals surface area contributed by atoms with Crippen LogP contribution >= 0.6 is 11.3 Å². The number of anilines is 1. The van der Waals surface area contributed by atoms with E-state index >= 15 is 0 Å². The third-order valence-electron chi connectivity index (χ3n) is 3.22. The third-order valence-corrected chi connectivity index (χ3v) is 4.38. The highest BCUT2D eigenvalue weighted by Gasteiger charge is 2.17. The Labute approximate surface area is 125 Å². The molecule has 0 radical (unpaired) electrons. The molecular weight excluding hydrogens is 284 g/mol. The number of nitrogens with zero attached hydrogens (tertiary/aromatic N) is 2. The molecule has 3 aromatic heterocycles. The van der Waals surface area contributed by atoms with Gasteiger partial charge in [-0.15, -0.1) is 11.3 Å². The minimum atomic E-state index is -0.194. The Morgan fingerprint density at radius 1 is 1.29 bits per heavy atom. The van der Waals surface area contributed by atoms with Crippen LogP contribution in [0.2, 0.25) is 0 Å². The molecular formula is C15H14N4OS. The van der Waals surface area contributed by atoms with Crippen LogP contribution in [0.3, 0.4) is 0 Å². The van der Waals surface area contributed by atoms with Gasteiger partial charge in [-0.25, -0.2) is 0 Å². The zero-order valence-corrected chi connectivity index (χ0v) is 12.3. The van der Waals surface area contributed by atoms with Gasteiger partial charge in [0.15, 0.2) is 0 Å². The first-order chi connectivity index (χ1) is 10.2. The predicted octanol–water partition coefficient (Wildman–Crippen LogP) is 2.51. The zero-order valence-electron chi connectivity index (χ0n) is 11.5. The lowest BCUT2D eigenvalue weighted by Gasteiger charge is -2.06. The fraction of sp³-hybridized carbons (Fsp3) is 0.133. The van der Waals surface area contributed by atoms with Gasteiger partial charge in [-0.3, -0.25) is 14.8 Å². The Balaban J connectivity index is 1.81. The lowest BCUT2D eigenvalue weighted by Crippen LogP contribution is -2.23. The fourth-order valence-electron chi connectivity index (χ4n) is 2.06. The average Bonchev–Trinajstić information content (AvgIpc) is 2.84. The van der Waals surface area contributed by atoms with E-state index in [2.05, 4.69) is 15.3 Å². The molecule has 0 unspecified atom stereocenters. The van der Waals surface area contributed by atoms with Crippen LogP contribution in [0.1, 0.15) is 20.9 Å². The second-order valence-electron chi connectivity index (χ2n) is 4.64. The molecule has 0 spiro atoms. The van der Waals surface area contributed by atoms with E-state index in [1.165, 1.54) is 11.3 Å². The summed E-state index contributed by atoms with van der Waals surface area (Å²) in [7, 11) is 0. The summed E-state index contributed by atoms with van der Waals surface area (Å²) >= 11 is 1.35. The van der Waals surface area contributed by atoms with Gasteiger partial charge in [-0.1, -0.05) is 6.07 Å². The molecule has 0 bridgehead atoms. The molecule has 0 aliphatic heterocycles. The number of fused-ring (bicyclic) bond motifs is 1. The van der Waals surface area contributed by atoms with E-state index in [0.29, 0.717) is 22.6 Å². The summed E-state index contributed by atoms with van der Waals surface area (Å²) < 4.78 is 0.911. The van der Waals surface area contributed by atoms with Crippen molar-refractivity contribution in [1.82, 2.24) is 15.3 Å². The van der Waals surface area contributed by atoms with Gasteiger partial charge >= 0.3 is 0 Å². The standard InChI is InChI=1S/C15H14N4OS/c1-9-4-2-6-17-10(9)8-19-15(20)14-12(16)13-11(21-14)5-3-7-18-13/h2-7H,8,16H2,1H3,(H,19,20). The number of hydrogen-bond acceptors (Lipinski definition) is 5. The molecule has 0 fully saturated rings. The number of hydrogen-bond donors (Lipinski definition) is 2. The summed E-state index contributed by atoms with van der Waals surface area (Å²) in [5.41, 5.74) is 9.02. The number of pyridine rings is 2. The van der Waals surface area contributed by atoms with Crippen molar-refractivity contribution in [2.24, 2.45) is 0 Å². The molecule has 0 aromatic carbocycles. The van der Waals surface area contributed by atoms with Crippen molar-refractivity contribution in [3.05, 3.63) is 52.8 Å². The van der Waals surface area contributed by atoms with Crippen molar-refractivity contribution in [2.75, 3.05) is 5.73 Å². The van der Waals surface area contributed by atoms with E-state index in [0.717, 1.165) is 16.0 Å². The number of aryl methyl sites for hydroxylation is 1. The lowest BCUT2D eigenvalue weighted by atomic mass is 10.2. The predicted molar refractivity (Wildman–Crippen MR) is 84.2 cm³/mol. The Hall–Kier alpha value is -2.47. The topological polar surface area (TPSA) is 80.9 Å². The second kappa shape index (κ2) is 5.49. The molecule has 3 heterocycles. The summed E-state index contributed by atoms with van der Waals surface area (Å²) in [6.07, 6.45) is 3.39. The van der Waals surface area contributed by atoms with Crippen molar-refractivity contribution >= 4 is 33.1 Å². The average molecular weight is 298 g/mol. The second-order valence-corrected chi connectivity index (χ2v) is 5.70. The quantitative estimate of drug-likeness (QED) is 0.778. The van der Waals surface area contributed by atoms with Crippen LogP contribution in [0.25, 0.3) is 10.2 Å². The minimum Gasteiger partial charge on any atom is -0.396 e. The van der Waals surface area contributed by atoms with Crippen molar-refractivity contribution in [3.8, 4) is 0 Å². The maximum Gasteiger partial charge on any atom is 0.263 e. The number of rotatable bonds is 3. The normalized spacial score (nSPS) is 10.7. The van der Waals surface area contributed by atoms with E-state index in [1.807, 2.05) is 31.2 Å². The highest BCUT2D eigenvalue weighted by atomic mass is 32.1. The number of nitrogens with two attached hydrogens (primary N) is 1. The summed E-state index contributed by atoms with van der Waals surface area (Å²) in [5.74, 6) is -0.194.